The van der Waals surface area contributed by atoms with Crippen LogP contribution < -0.4 is 4.74 Å². The Labute approximate surface area is 269 Å². The lowest BCUT2D eigenvalue weighted by atomic mass is 9.99. The number of carbonyl (C=O) groups excluding carboxylic acids is 2. The molecular weight excluding hydrogens is 582 g/mol. The van der Waals surface area contributed by atoms with Crippen molar-refractivity contribution >= 4 is 18.0 Å². The standard InChI is InChI=1S/C37H39N3O6/c1-25-21-30(33(27-11-7-5-8-12-27)40(25)28-13-9-6-10-14-28)34(43)39-20-19-38(35(44)46-36(2,3)4)24-37(39)22-31(37)26-15-17-29(18-16-26)45-23-32(41)42/h5-18,21,31H,19-20,22-24H2,1-4H3,(H,41,42). The van der Waals surface area contributed by atoms with Crippen molar-refractivity contribution in [2.75, 3.05) is 26.2 Å². The van der Waals surface area contributed by atoms with E-state index < -0.39 is 29.8 Å². The smallest absolute Gasteiger partial charge is 0.410 e. The molecule has 1 aliphatic heterocycles. The number of aryl methyl sites for hydroxylation is 1. The highest BCUT2D eigenvalue weighted by Crippen LogP contribution is 2.58. The van der Waals surface area contributed by atoms with Crippen LogP contribution in [0, 0.1) is 6.92 Å². The molecule has 2 amide bonds. The molecular formula is C37H39N3O6. The Morgan fingerprint density at radius 1 is 0.913 bits per heavy atom. The van der Waals surface area contributed by atoms with Crippen LogP contribution in [-0.2, 0) is 9.53 Å². The maximum Gasteiger partial charge on any atom is 0.410 e. The third-order valence-electron chi connectivity index (χ3n) is 8.66. The molecule has 0 radical (unpaired) electrons. The van der Waals surface area contributed by atoms with E-state index in [0.717, 1.165) is 28.2 Å². The van der Waals surface area contributed by atoms with E-state index in [0.29, 0.717) is 37.4 Å². The number of piperazine rings is 1. The molecule has 2 heterocycles. The summed E-state index contributed by atoms with van der Waals surface area (Å²) >= 11 is 0. The summed E-state index contributed by atoms with van der Waals surface area (Å²) in [7, 11) is 0. The number of ether oxygens (including phenoxy) is 2. The number of carbonyl (C=O) groups is 3. The van der Waals surface area contributed by atoms with Gasteiger partial charge < -0.3 is 28.9 Å². The zero-order chi connectivity index (χ0) is 32.6. The molecule has 1 saturated heterocycles. The van der Waals surface area contributed by atoms with Gasteiger partial charge in [-0.1, -0.05) is 60.7 Å². The molecule has 9 heteroatoms. The summed E-state index contributed by atoms with van der Waals surface area (Å²) in [6, 6.07) is 29.3. The van der Waals surface area contributed by atoms with Gasteiger partial charge in [0.2, 0.25) is 0 Å². The van der Waals surface area contributed by atoms with Gasteiger partial charge in [0.25, 0.3) is 5.91 Å². The molecule has 2 atom stereocenters. The van der Waals surface area contributed by atoms with Gasteiger partial charge in [-0.25, -0.2) is 9.59 Å². The molecule has 0 bridgehead atoms. The Bertz CT molecular complexity index is 1740. The fourth-order valence-corrected chi connectivity index (χ4v) is 6.60. The minimum Gasteiger partial charge on any atom is -0.482 e. The van der Waals surface area contributed by atoms with E-state index in [9.17, 15) is 14.4 Å². The number of amides is 2. The zero-order valence-electron chi connectivity index (χ0n) is 26.6. The lowest BCUT2D eigenvalue weighted by Crippen LogP contribution is -2.59. The van der Waals surface area contributed by atoms with Crippen LogP contribution in [0.2, 0.25) is 0 Å². The summed E-state index contributed by atoms with van der Waals surface area (Å²) in [6.45, 7) is 8.19. The maximum absolute atomic E-state index is 14.8. The number of aliphatic carboxylic acids is 1. The summed E-state index contributed by atoms with van der Waals surface area (Å²) in [5.41, 5.74) is 4.01. The van der Waals surface area contributed by atoms with Crippen LogP contribution in [0.4, 0.5) is 4.79 Å². The summed E-state index contributed by atoms with van der Waals surface area (Å²) in [5, 5.41) is 8.98. The van der Waals surface area contributed by atoms with Gasteiger partial charge in [-0.2, -0.15) is 0 Å². The average molecular weight is 622 g/mol. The van der Waals surface area contributed by atoms with Gasteiger partial charge in [0.15, 0.2) is 6.61 Å². The van der Waals surface area contributed by atoms with E-state index in [-0.39, 0.29) is 11.8 Å². The van der Waals surface area contributed by atoms with Crippen molar-refractivity contribution in [2.24, 2.45) is 0 Å². The number of benzene rings is 3. The molecule has 9 nitrogen and oxygen atoms in total. The minimum atomic E-state index is -1.05. The van der Waals surface area contributed by atoms with Crippen LogP contribution in [0.3, 0.4) is 0 Å². The van der Waals surface area contributed by atoms with Crippen molar-refractivity contribution in [2.45, 2.75) is 51.2 Å². The second kappa shape index (κ2) is 12.0. The van der Waals surface area contributed by atoms with Gasteiger partial charge in [0.1, 0.15) is 11.4 Å². The van der Waals surface area contributed by atoms with Crippen molar-refractivity contribution in [3.8, 4) is 22.7 Å². The van der Waals surface area contributed by atoms with Gasteiger partial charge in [0.05, 0.1) is 16.8 Å². The zero-order valence-corrected chi connectivity index (χ0v) is 26.6. The fourth-order valence-electron chi connectivity index (χ4n) is 6.60. The van der Waals surface area contributed by atoms with Crippen LogP contribution in [0.15, 0.2) is 91.0 Å². The molecule has 6 rings (SSSR count). The van der Waals surface area contributed by atoms with Gasteiger partial charge in [-0.3, -0.25) is 4.79 Å². The van der Waals surface area contributed by atoms with Crippen LogP contribution in [-0.4, -0.2) is 74.8 Å². The molecule has 1 saturated carbocycles. The highest BCUT2D eigenvalue weighted by molar-refractivity contribution is 6.02. The predicted molar refractivity (Wildman–Crippen MR) is 174 cm³/mol. The van der Waals surface area contributed by atoms with E-state index >= 15 is 0 Å². The number of carboxylic acids is 1. The van der Waals surface area contributed by atoms with E-state index in [2.05, 4.69) is 4.57 Å². The second-order valence-electron chi connectivity index (χ2n) is 13.1. The Morgan fingerprint density at radius 3 is 2.20 bits per heavy atom. The molecule has 1 N–H and O–H groups in total. The fraction of sp³-hybridized carbons (Fsp3) is 0.324. The Balaban J connectivity index is 1.38. The maximum atomic E-state index is 14.8. The summed E-state index contributed by atoms with van der Waals surface area (Å²) < 4.78 is 13.2. The Kier molecular flexibility index (Phi) is 8.10. The van der Waals surface area contributed by atoms with Crippen LogP contribution >= 0.6 is 0 Å². The van der Waals surface area contributed by atoms with Crippen molar-refractivity contribution in [1.82, 2.24) is 14.4 Å². The van der Waals surface area contributed by atoms with Crippen LogP contribution in [0.1, 0.15) is 54.7 Å². The molecule has 1 aromatic heterocycles. The monoisotopic (exact) mass is 621 g/mol. The van der Waals surface area contributed by atoms with Crippen LogP contribution in [0.5, 0.6) is 5.75 Å². The van der Waals surface area contributed by atoms with E-state index in [1.54, 1.807) is 17.0 Å². The number of hydrogen-bond acceptors (Lipinski definition) is 5. The first-order valence-corrected chi connectivity index (χ1v) is 15.5. The summed E-state index contributed by atoms with van der Waals surface area (Å²) in [6.07, 6.45) is 0.282. The lowest BCUT2D eigenvalue weighted by molar-refractivity contribution is -0.139. The highest BCUT2D eigenvalue weighted by atomic mass is 16.6. The first-order valence-electron chi connectivity index (χ1n) is 15.5. The van der Waals surface area contributed by atoms with Gasteiger partial charge in [-0.05, 0) is 75.6 Å². The SMILES string of the molecule is Cc1cc(C(=O)N2CCN(C(=O)OC(C)(C)C)CC23CC3c2ccc(OCC(=O)O)cc2)c(-c2ccccc2)n1-c1ccccc1. The van der Waals surface area contributed by atoms with E-state index in [1.165, 1.54) is 0 Å². The molecule has 46 heavy (non-hydrogen) atoms. The van der Waals surface area contributed by atoms with Gasteiger partial charge in [0, 0.05) is 36.9 Å². The summed E-state index contributed by atoms with van der Waals surface area (Å²) in [5.74, 6) is -0.704. The first-order chi connectivity index (χ1) is 22.0. The number of aromatic nitrogens is 1. The second-order valence-corrected chi connectivity index (χ2v) is 13.1. The third kappa shape index (κ3) is 6.09. The van der Waals surface area contributed by atoms with Crippen molar-refractivity contribution in [3.05, 3.63) is 108 Å². The number of hydrogen-bond donors (Lipinski definition) is 1. The van der Waals surface area contributed by atoms with Crippen molar-refractivity contribution in [3.63, 3.8) is 0 Å². The number of rotatable bonds is 7. The molecule has 238 valence electrons. The topological polar surface area (TPSA) is 101 Å². The number of carboxylic acid groups (broad SMARTS) is 1. The normalized spacial score (nSPS) is 19.2. The Hall–Kier alpha value is -5.05. The number of nitrogens with zero attached hydrogens (tertiary/aromatic N) is 3. The van der Waals surface area contributed by atoms with Crippen molar-refractivity contribution in [1.29, 1.82) is 0 Å². The van der Waals surface area contributed by atoms with E-state index in [1.807, 2.05) is 111 Å². The lowest BCUT2D eigenvalue weighted by Gasteiger charge is -2.43. The highest BCUT2D eigenvalue weighted by Gasteiger charge is 2.63. The van der Waals surface area contributed by atoms with Gasteiger partial charge in [-0.15, -0.1) is 0 Å². The molecule has 1 spiro atoms. The predicted octanol–water partition coefficient (Wildman–Crippen LogP) is 6.54. The minimum absolute atomic E-state index is 0.0345. The molecule has 1 aliphatic carbocycles. The first kappa shape index (κ1) is 31.0. The summed E-state index contributed by atoms with van der Waals surface area (Å²) in [4.78, 5) is 42.7. The van der Waals surface area contributed by atoms with Gasteiger partial charge >= 0.3 is 12.1 Å². The largest absolute Gasteiger partial charge is 0.482 e. The number of para-hydroxylation sites is 1. The molecule has 3 aromatic carbocycles. The molecule has 4 aromatic rings. The van der Waals surface area contributed by atoms with Crippen molar-refractivity contribution < 1.29 is 29.0 Å². The molecule has 2 aliphatic rings. The molecule has 2 unspecified atom stereocenters. The average Bonchev–Trinajstić information content (AvgIpc) is 3.62. The third-order valence-corrected chi connectivity index (χ3v) is 8.66. The Morgan fingerprint density at radius 2 is 1.57 bits per heavy atom. The molecule has 2 fully saturated rings. The van der Waals surface area contributed by atoms with Crippen LogP contribution in [0.25, 0.3) is 16.9 Å². The van der Waals surface area contributed by atoms with E-state index in [4.69, 9.17) is 14.6 Å². The quantitative estimate of drug-likeness (QED) is 0.252.